The third-order valence-corrected chi connectivity index (χ3v) is 5.09. The Hall–Kier alpha value is -0.0800. The van der Waals surface area contributed by atoms with Crippen molar-refractivity contribution in [1.82, 2.24) is 10.2 Å². The summed E-state index contributed by atoms with van der Waals surface area (Å²) in [5.74, 6) is 0. The SMILES string of the molecule is CCCN(CCC)C1CCCCCCCCCCC1NC. The summed E-state index contributed by atoms with van der Waals surface area (Å²) in [6.07, 6.45) is 16.9. The van der Waals surface area contributed by atoms with Gasteiger partial charge in [0.05, 0.1) is 0 Å². The van der Waals surface area contributed by atoms with Crippen molar-refractivity contribution in [2.24, 2.45) is 0 Å². The predicted octanol–water partition coefficient (Wildman–Crippen LogP) is 4.98. The molecule has 0 aromatic rings. The minimum Gasteiger partial charge on any atom is -0.315 e. The van der Waals surface area contributed by atoms with Crippen LogP contribution in [0.1, 0.15) is 90.9 Å². The standard InChI is InChI=1S/C19H40N2/c1-4-16-21(17-5-2)19-15-13-11-9-7-6-8-10-12-14-18(19)20-3/h18-20H,4-17H2,1-3H3. The summed E-state index contributed by atoms with van der Waals surface area (Å²) in [5, 5.41) is 3.66. The van der Waals surface area contributed by atoms with Crippen LogP contribution in [0.5, 0.6) is 0 Å². The van der Waals surface area contributed by atoms with Crippen LogP contribution >= 0.6 is 0 Å². The molecule has 1 N–H and O–H groups in total. The van der Waals surface area contributed by atoms with E-state index in [1.807, 2.05) is 0 Å². The Labute approximate surface area is 134 Å². The van der Waals surface area contributed by atoms with E-state index in [9.17, 15) is 0 Å². The first kappa shape index (κ1) is 19.0. The zero-order valence-electron chi connectivity index (χ0n) is 15.0. The second-order valence-corrected chi connectivity index (χ2v) is 6.90. The molecule has 0 heterocycles. The van der Waals surface area contributed by atoms with Gasteiger partial charge in [0.2, 0.25) is 0 Å². The van der Waals surface area contributed by atoms with Gasteiger partial charge in [-0.05, 0) is 45.8 Å². The molecule has 0 bridgehead atoms. The molecule has 1 aliphatic rings. The van der Waals surface area contributed by atoms with Gasteiger partial charge in [0.1, 0.15) is 0 Å². The summed E-state index contributed by atoms with van der Waals surface area (Å²) in [5.41, 5.74) is 0. The van der Waals surface area contributed by atoms with E-state index in [2.05, 4.69) is 31.1 Å². The summed E-state index contributed by atoms with van der Waals surface area (Å²) in [4.78, 5) is 2.78. The highest BCUT2D eigenvalue weighted by atomic mass is 15.2. The molecule has 1 rings (SSSR count). The molecule has 0 saturated heterocycles. The first-order valence-corrected chi connectivity index (χ1v) is 9.74. The Morgan fingerprint density at radius 1 is 0.762 bits per heavy atom. The second-order valence-electron chi connectivity index (χ2n) is 6.90. The molecule has 2 nitrogen and oxygen atoms in total. The van der Waals surface area contributed by atoms with Gasteiger partial charge in [-0.15, -0.1) is 0 Å². The van der Waals surface area contributed by atoms with Gasteiger partial charge in [0, 0.05) is 12.1 Å². The van der Waals surface area contributed by atoms with E-state index in [1.54, 1.807) is 0 Å². The number of rotatable bonds is 6. The van der Waals surface area contributed by atoms with Gasteiger partial charge >= 0.3 is 0 Å². The molecule has 0 aromatic heterocycles. The van der Waals surface area contributed by atoms with Gasteiger partial charge in [0.15, 0.2) is 0 Å². The summed E-state index contributed by atoms with van der Waals surface area (Å²) in [6, 6.07) is 1.46. The minimum absolute atomic E-state index is 0.697. The quantitative estimate of drug-likeness (QED) is 0.743. The number of nitrogens with one attached hydrogen (secondary N) is 1. The maximum Gasteiger partial charge on any atom is 0.0249 e. The van der Waals surface area contributed by atoms with E-state index < -0.39 is 0 Å². The number of hydrogen-bond donors (Lipinski definition) is 1. The normalized spacial score (nSPS) is 26.3. The van der Waals surface area contributed by atoms with Gasteiger partial charge in [0.25, 0.3) is 0 Å². The molecule has 0 aromatic carbocycles. The fourth-order valence-corrected chi connectivity index (χ4v) is 3.96. The smallest absolute Gasteiger partial charge is 0.0249 e. The maximum absolute atomic E-state index is 3.66. The molecular formula is C19H40N2. The van der Waals surface area contributed by atoms with Crippen molar-refractivity contribution in [3.05, 3.63) is 0 Å². The lowest BCUT2D eigenvalue weighted by atomic mass is 9.92. The lowest BCUT2D eigenvalue weighted by Crippen LogP contribution is -2.49. The van der Waals surface area contributed by atoms with Crippen LogP contribution in [-0.2, 0) is 0 Å². The molecule has 1 saturated carbocycles. The van der Waals surface area contributed by atoms with Crippen molar-refractivity contribution in [3.63, 3.8) is 0 Å². The Morgan fingerprint density at radius 2 is 1.24 bits per heavy atom. The fraction of sp³-hybridized carbons (Fsp3) is 1.00. The molecule has 126 valence electrons. The second kappa shape index (κ2) is 12.5. The predicted molar refractivity (Wildman–Crippen MR) is 95.0 cm³/mol. The summed E-state index contributed by atoms with van der Waals surface area (Å²) in [6.45, 7) is 7.20. The number of likely N-dealkylation sites (N-methyl/N-ethyl adjacent to an activating group) is 1. The highest BCUT2D eigenvalue weighted by Gasteiger charge is 2.25. The van der Waals surface area contributed by atoms with E-state index in [0.717, 1.165) is 6.04 Å². The lowest BCUT2D eigenvalue weighted by Gasteiger charge is -2.37. The molecule has 0 amide bonds. The van der Waals surface area contributed by atoms with Crippen molar-refractivity contribution in [3.8, 4) is 0 Å². The van der Waals surface area contributed by atoms with Crippen molar-refractivity contribution >= 4 is 0 Å². The molecule has 1 aliphatic carbocycles. The highest BCUT2D eigenvalue weighted by molar-refractivity contribution is 4.84. The summed E-state index contributed by atoms with van der Waals surface area (Å²) < 4.78 is 0. The van der Waals surface area contributed by atoms with E-state index >= 15 is 0 Å². The first-order chi connectivity index (χ1) is 10.3. The van der Waals surface area contributed by atoms with Gasteiger partial charge in [-0.3, -0.25) is 4.90 Å². The first-order valence-electron chi connectivity index (χ1n) is 9.74. The molecule has 2 unspecified atom stereocenters. The van der Waals surface area contributed by atoms with Crippen molar-refractivity contribution < 1.29 is 0 Å². The van der Waals surface area contributed by atoms with E-state index in [0.29, 0.717) is 6.04 Å². The average molecular weight is 297 g/mol. The van der Waals surface area contributed by atoms with Crippen molar-refractivity contribution in [2.75, 3.05) is 20.1 Å². The third-order valence-electron chi connectivity index (χ3n) is 5.09. The zero-order valence-corrected chi connectivity index (χ0v) is 15.0. The average Bonchev–Trinajstić information content (AvgIpc) is 2.48. The van der Waals surface area contributed by atoms with Crippen LogP contribution < -0.4 is 5.32 Å². The van der Waals surface area contributed by atoms with E-state index in [-0.39, 0.29) is 0 Å². The molecular weight excluding hydrogens is 256 g/mol. The lowest BCUT2D eigenvalue weighted by molar-refractivity contribution is 0.141. The van der Waals surface area contributed by atoms with Gasteiger partial charge in [-0.2, -0.15) is 0 Å². The van der Waals surface area contributed by atoms with Crippen LogP contribution in [0, 0.1) is 0 Å². The van der Waals surface area contributed by atoms with Crippen molar-refractivity contribution in [1.29, 1.82) is 0 Å². The largest absolute Gasteiger partial charge is 0.315 e. The Kier molecular flexibility index (Phi) is 11.3. The molecule has 0 radical (unpaired) electrons. The van der Waals surface area contributed by atoms with Crippen molar-refractivity contribution in [2.45, 2.75) is 103 Å². The number of hydrogen-bond acceptors (Lipinski definition) is 2. The Bertz CT molecular complexity index is 224. The van der Waals surface area contributed by atoms with Gasteiger partial charge in [-0.1, -0.05) is 65.2 Å². The Balaban J connectivity index is 2.67. The van der Waals surface area contributed by atoms with Crippen LogP contribution in [0.3, 0.4) is 0 Å². The zero-order chi connectivity index (χ0) is 15.3. The highest BCUT2D eigenvalue weighted by Crippen LogP contribution is 2.21. The summed E-state index contributed by atoms with van der Waals surface area (Å²) in [7, 11) is 2.18. The molecule has 21 heavy (non-hydrogen) atoms. The summed E-state index contributed by atoms with van der Waals surface area (Å²) >= 11 is 0. The Morgan fingerprint density at radius 3 is 1.71 bits per heavy atom. The minimum atomic E-state index is 0.697. The molecule has 1 fully saturated rings. The molecule has 0 spiro atoms. The van der Waals surface area contributed by atoms with Crippen LogP contribution in [0.15, 0.2) is 0 Å². The van der Waals surface area contributed by atoms with Crippen LogP contribution in [0.4, 0.5) is 0 Å². The topological polar surface area (TPSA) is 15.3 Å². The van der Waals surface area contributed by atoms with Gasteiger partial charge in [-0.25, -0.2) is 0 Å². The monoisotopic (exact) mass is 296 g/mol. The van der Waals surface area contributed by atoms with E-state index in [4.69, 9.17) is 0 Å². The van der Waals surface area contributed by atoms with Crippen LogP contribution in [0.2, 0.25) is 0 Å². The fourth-order valence-electron chi connectivity index (χ4n) is 3.96. The van der Waals surface area contributed by atoms with Gasteiger partial charge < -0.3 is 5.32 Å². The third kappa shape index (κ3) is 7.65. The van der Waals surface area contributed by atoms with Crippen LogP contribution in [-0.4, -0.2) is 37.1 Å². The molecule has 2 heteroatoms. The maximum atomic E-state index is 3.66. The number of nitrogens with zero attached hydrogens (tertiary/aromatic N) is 1. The molecule has 0 aliphatic heterocycles. The molecule has 2 atom stereocenters. The van der Waals surface area contributed by atoms with E-state index in [1.165, 1.54) is 90.1 Å². The van der Waals surface area contributed by atoms with Crippen LogP contribution in [0.25, 0.3) is 0 Å².